The predicted octanol–water partition coefficient (Wildman–Crippen LogP) is 2.29. The van der Waals surface area contributed by atoms with Crippen molar-refractivity contribution in [2.24, 2.45) is 0 Å². The highest BCUT2D eigenvalue weighted by Gasteiger charge is 2.21. The number of nitrogens with zero attached hydrogens (tertiary/aromatic N) is 9. The summed E-state index contributed by atoms with van der Waals surface area (Å²) in [5, 5.41) is 18.9. The third kappa shape index (κ3) is 6.09. The molecule has 0 saturated carbocycles. The first kappa shape index (κ1) is 28.5. The first-order valence-electron chi connectivity index (χ1n) is 15.1. The minimum atomic E-state index is 0.300. The van der Waals surface area contributed by atoms with E-state index < -0.39 is 0 Å². The number of nitrogens with one attached hydrogen (secondary N) is 3. The van der Waals surface area contributed by atoms with Crippen LogP contribution in [0.2, 0.25) is 0 Å². The number of hydrogen-bond donors (Lipinski definition) is 5. The number of nitrogen functional groups attached to an aromatic ring is 2. The van der Waals surface area contributed by atoms with Crippen LogP contribution >= 0.6 is 0 Å². The molecule has 2 unspecified atom stereocenters. The lowest BCUT2D eigenvalue weighted by atomic mass is 10.1. The van der Waals surface area contributed by atoms with E-state index in [-0.39, 0.29) is 0 Å². The number of furan rings is 2. The topological polar surface area (TPSA) is 204 Å². The number of hydrogen-bond acceptors (Lipinski definition) is 14. The van der Waals surface area contributed by atoms with Crippen LogP contribution in [0, 0.1) is 0 Å². The maximum absolute atomic E-state index is 6.07. The molecule has 2 atom stereocenters. The van der Waals surface area contributed by atoms with Crippen molar-refractivity contribution in [3.63, 3.8) is 0 Å². The quantitative estimate of drug-likeness (QED) is 0.183. The summed E-state index contributed by atoms with van der Waals surface area (Å²) in [5.41, 5.74) is 13.4. The lowest BCUT2D eigenvalue weighted by molar-refractivity contribution is 0.443. The SMILES string of the molecule is CN(c1cc2nc(-c3ccco3)nn2c(N)n1)C1CCCNC1.Nc1nc(NC2CCCNC2)cc2nc(-c3ccco3)nn12. The maximum Gasteiger partial charge on any atom is 0.225 e. The van der Waals surface area contributed by atoms with Gasteiger partial charge in [-0.05, 0) is 63.0 Å². The molecule has 6 aromatic rings. The molecule has 7 N–H and O–H groups in total. The summed E-state index contributed by atoms with van der Waals surface area (Å²) in [5.74, 6) is 4.36. The van der Waals surface area contributed by atoms with Crippen LogP contribution < -0.4 is 32.3 Å². The van der Waals surface area contributed by atoms with Crippen molar-refractivity contribution in [1.29, 1.82) is 0 Å². The smallest absolute Gasteiger partial charge is 0.225 e. The second-order valence-corrected chi connectivity index (χ2v) is 11.1. The van der Waals surface area contributed by atoms with Gasteiger partial charge in [0.15, 0.2) is 22.8 Å². The van der Waals surface area contributed by atoms with Crippen molar-refractivity contribution in [2.45, 2.75) is 37.8 Å². The largest absolute Gasteiger partial charge is 0.461 e. The monoisotopic (exact) mass is 612 g/mol. The van der Waals surface area contributed by atoms with E-state index in [4.69, 9.17) is 20.3 Å². The maximum atomic E-state index is 6.07. The lowest BCUT2D eigenvalue weighted by Gasteiger charge is -2.32. The van der Waals surface area contributed by atoms with Crippen LogP contribution in [0.5, 0.6) is 0 Å². The van der Waals surface area contributed by atoms with Gasteiger partial charge in [-0.15, -0.1) is 10.2 Å². The summed E-state index contributed by atoms with van der Waals surface area (Å²) in [6, 6.07) is 11.8. The van der Waals surface area contributed by atoms with Gasteiger partial charge in [-0.3, -0.25) is 0 Å². The molecule has 0 aromatic carbocycles. The minimum Gasteiger partial charge on any atom is -0.461 e. The minimum absolute atomic E-state index is 0.300. The molecule has 2 aliphatic heterocycles. The molecule has 0 radical (unpaired) electrons. The number of anilines is 4. The van der Waals surface area contributed by atoms with Gasteiger partial charge in [-0.1, -0.05) is 0 Å². The van der Waals surface area contributed by atoms with Gasteiger partial charge >= 0.3 is 0 Å². The lowest BCUT2D eigenvalue weighted by Crippen LogP contribution is -2.44. The summed E-state index contributed by atoms with van der Waals surface area (Å²) >= 11 is 0. The molecule has 45 heavy (non-hydrogen) atoms. The molecule has 0 amide bonds. The average Bonchev–Trinajstić information content (AvgIpc) is 3.88. The molecule has 0 spiro atoms. The molecule has 16 nitrogen and oxygen atoms in total. The van der Waals surface area contributed by atoms with Crippen molar-refractivity contribution in [3.8, 4) is 23.2 Å². The highest BCUT2D eigenvalue weighted by atomic mass is 16.3. The molecule has 8 rings (SSSR count). The summed E-state index contributed by atoms with van der Waals surface area (Å²) in [7, 11) is 2.04. The van der Waals surface area contributed by atoms with Crippen LogP contribution in [0.1, 0.15) is 25.7 Å². The Labute approximate surface area is 258 Å². The first-order chi connectivity index (χ1) is 22.0. The Hall–Kier alpha value is -5.22. The Kier molecular flexibility index (Phi) is 7.87. The highest BCUT2D eigenvalue weighted by molar-refractivity contribution is 5.60. The van der Waals surface area contributed by atoms with Gasteiger partial charge in [0.25, 0.3) is 0 Å². The van der Waals surface area contributed by atoms with Gasteiger partial charge in [-0.2, -0.15) is 19.0 Å². The average molecular weight is 613 g/mol. The molecule has 16 heteroatoms. The first-order valence-corrected chi connectivity index (χ1v) is 15.1. The molecule has 0 bridgehead atoms. The van der Waals surface area contributed by atoms with Crippen LogP contribution in [0.4, 0.5) is 23.5 Å². The van der Waals surface area contributed by atoms with Crippen LogP contribution in [0.25, 0.3) is 34.5 Å². The molecule has 6 aromatic heterocycles. The fourth-order valence-electron chi connectivity index (χ4n) is 5.62. The highest BCUT2D eigenvalue weighted by Crippen LogP contribution is 2.23. The second kappa shape index (κ2) is 12.4. The Bertz CT molecular complexity index is 1850. The summed E-state index contributed by atoms with van der Waals surface area (Å²) in [6.07, 6.45) is 7.76. The van der Waals surface area contributed by atoms with E-state index >= 15 is 0 Å². The Balaban J connectivity index is 0.000000145. The molecular formula is C29H36N14O2. The van der Waals surface area contributed by atoms with Gasteiger partial charge in [-0.25, -0.2) is 9.97 Å². The number of nitrogens with two attached hydrogens (primary N) is 2. The summed E-state index contributed by atoms with van der Waals surface area (Å²) < 4.78 is 13.7. The van der Waals surface area contributed by atoms with Crippen molar-refractivity contribution >= 4 is 34.8 Å². The number of likely N-dealkylation sites (N-methyl/N-ethyl adjacent to an activating group) is 1. The fourth-order valence-corrected chi connectivity index (χ4v) is 5.62. The van der Waals surface area contributed by atoms with Crippen molar-refractivity contribution in [1.82, 2.24) is 49.8 Å². The molecule has 234 valence electrons. The van der Waals surface area contributed by atoms with Crippen LogP contribution in [0.3, 0.4) is 0 Å². The number of piperidine rings is 2. The van der Waals surface area contributed by atoms with Gasteiger partial charge in [0.1, 0.15) is 11.6 Å². The molecule has 0 aliphatic carbocycles. The summed E-state index contributed by atoms with van der Waals surface area (Å²) in [6.45, 7) is 4.03. The van der Waals surface area contributed by atoms with E-state index in [1.54, 1.807) is 24.7 Å². The second-order valence-electron chi connectivity index (χ2n) is 11.1. The van der Waals surface area contributed by atoms with E-state index in [9.17, 15) is 0 Å². The van der Waals surface area contributed by atoms with E-state index in [0.29, 0.717) is 58.4 Å². The molecule has 2 fully saturated rings. The zero-order chi connectivity index (χ0) is 30.8. The third-order valence-corrected chi connectivity index (χ3v) is 8.00. The standard InChI is InChI=1S/C15H19N7O.C14H17N7O/c1-21(10-4-2-6-17-9-10)12-8-13-18-14(11-5-3-7-23-11)20-22(13)15(16)19-12;15-14-18-11(17-9-3-1-5-16-8-9)7-12-19-13(20-21(12)14)10-4-2-6-22-10/h3,5,7-8,10,17H,2,4,6,9H2,1H3,(H2,16,19);2,4,6-7,9,16-17H,1,3,5,8H2,(H2,15,18). The molecule has 8 heterocycles. The molecule has 2 saturated heterocycles. The Morgan fingerprint density at radius 2 is 1.44 bits per heavy atom. The van der Waals surface area contributed by atoms with Gasteiger partial charge < -0.3 is 41.2 Å². The summed E-state index contributed by atoms with van der Waals surface area (Å²) in [4.78, 5) is 19.9. The van der Waals surface area contributed by atoms with Crippen LogP contribution in [0.15, 0.2) is 57.8 Å². The third-order valence-electron chi connectivity index (χ3n) is 8.00. The fraction of sp³-hybridized carbons (Fsp3) is 0.379. The number of rotatable bonds is 6. The number of fused-ring (bicyclic) bond motifs is 2. The molecule has 2 aliphatic rings. The zero-order valence-electron chi connectivity index (χ0n) is 24.9. The number of aromatic nitrogens is 8. The van der Waals surface area contributed by atoms with E-state index in [2.05, 4.69) is 51.0 Å². The normalized spacial score (nSPS) is 18.5. The van der Waals surface area contributed by atoms with Gasteiger partial charge in [0.05, 0.1) is 12.5 Å². The van der Waals surface area contributed by atoms with Crippen molar-refractivity contribution < 1.29 is 8.83 Å². The molecular weight excluding hydrogens is 576 g/mol. The Morgan fingerprint density at radius 1 is 0.822 bits per heavy atom. The predicted molar refractivity (Wildman–Crippen MR) is 170 cm³/mol. The van der Waals surface area contributed by atoms with Crippen molar-refractivity contribution in [2.75, 3.05) is 54.9 Å². The van der Waals surface area contributed by atoms with Crippen molar-refractivity contribution in [3.05, 3.63) is 48.9 Å². The van der Waals surface area contributed by atoms with E-state index in [0.717, 1.165) is 57.1 Å². The van der Waals surface area contributed by atoms with E-state index in [1.165, 1.54) is 15.5 Å². The van der Waals surface area contributed by atoms with Gasteiger partial charge in [0.2, 0.25) is 23.5 Å². The van der Waals surface area contributed by atoms with Crippen LogP contribution in [-0.4, -0.2) is 84.5 Å². The van der Waals surface area contributed by atoms with Crippen LogP contribution in [-0.2, 0) is 0 Å². The Morgan fingerprint density at radius 3 is 2.02 bits per heavy atom. The van der Waals surface area contributed by atoms with E-state index in [1.807, 2.05) is 31.3 Å². The van der Waals surface area contributed by atoms with Gasteiger partial charge in [0, 0.05) is 44.4 Å². The zero-order valence-corrected chi connectivity index (χ0v) is 24.9.